The van der Waals surface area contributed by atoms with Gasteiger partial charge >= 0.3 is 12.1 Å². The van der Waals surface area contributed by atoms with Gasteiger partial charge in [0.1, 0.15) is 6.54 Å². The van der Waals surface area contributed by atoms with Crippen LogP contribution in [-0.2, 0) is 14.4 Å². The minimum atomic E-state index is -4.47. The molecular formula is C17H25F3N2O4. The van der Waals surface area contributed by atoms with Crippen LogP contribution in [0.5, 0.6) is 0 Å². The van der Waals surface area contributed by atoms with E-state index in [0.717, 1.165) is 0 Å². The van der Waals surface area contributed by atoms with E-state index in [2.05, 4.69) is 0 Å². The highest BCUT2D eigenvalue weighted by atomic mass is 19.4. The molecule has 0 aromatic heterocycles. The van der Waals surface area contributed by atoms with Gasteiger partial charge in [-0.2, -0.15) is 13.2 Å². The second-order valence-corrected chi connectivity index (χ2v) is 8.20. The molecule has 0 aromatic carbocycles. The highest BCUT2D eigenvalue weighted by Gasteiger charge is 2.86. The van der Waals surface area contributed by atoms with E-state index in [1.54, 1.807) is 27.7 Å². The van der Waals surface area contributed by atoms with Crippen LogP contribution in [0.3, 0.4) is 0 Å². The van der Waals surface area contributed by atoms with Gasteiger partial charge in [0.25, 0.3) is 0 Å². The molecule has 148 valence electrons. The maximum Gasteiger partial charge on any atom is 0.405 e. The van der Waals surface area contributed by atoms with Gasteiger partial charge in [0.2, 0.25) is 11.8 Å². The third-order valence-electron chi connectivity index (χ3n) is 6.63. The number of rotatable bonds is 4. The van der Waals surface area contributed by atoms with Gasteiger partial charge in [-0.3, -0.25) is 14.4 Å². The summed E-state index contributed by atoms with van der Waals surface area (Å²) < 4.78 is 36.6. The normalized spacial score (nSPS) is 24.0. The number of carbonyl (C=O) groups excluding carboxylic acids is 2. The van der Waals surface area contributed by atoms with Gasteiger partial charge in [-0.15, -0.1) is 0 Å². The molecule has 0 spiro atoms. The van der Waals surface area contributed by atoms with Crippen LogP contribution in [0, 0.1) is 22.2 Å². The Labute approximate surface area is 150 Å². The predicted molar refractivity (Wildman–Crippen MR) is 86.0 cm³/mol. The molecule has 9 heteroatoms. The highest BCUT2D eigenvalue weighted by Crippen LogP contribution is 2.78. The Balaban J connectivity index is 2.01. The Kier molecular flexibility index (Phi) is 4.83. The minimum absolute atomic E-state index is 0.157. The SMILES string of the molecule is CC1(C)C(C)(C)C1(C(=O)O)C(=O)N1CCC(C(=O)NCC(F)(F)F)CC1. The second-order valence-electron chi connectivity index (χ2n) is 8.20. The molecule has 1 heterocycles. The lowest BCUT2D eigenvalue weighted by Gasteiger charge is -2.34. The predicted octanol–water partition coefficient (Wildman–Crippen LogP) is 2.04. The summed E-state index contributed by atoms with van der Waals surface area (Å²) in [6.45, 7) is 5.92. The van der Waals surface area contributed by atoms with Crippen molar-refractivity contribution in [1.29, 1.82) is 0 Å². The van der Waals surface area contributed by atoms with Crippen LogP contribution in [0.2, 0.25) is 0 Å². The first-order chi connectivity index (χ1) is 11.7. The molecule has 2 aliphatic rings. The zero-order valence-corrected chi connectivity index (χ0v) is 15.4. The topological polar surface area (TPSA) is 86.7 Å². The Bertz CT molecular complexity index is 606. The van der Waals surface area contributed by atoms with E-state index in [1.807, 2.05) is 5.32 Å². The van der Waals surface area contributed by atoms with E-state index in [9.17, 15) is 32.7 Å². The van der Waals surface area contributed by atoms with Crippen molar-refractivity contribution in [3.05, 3.63) is 0 Å². The van der Waals surface area contributed by atoms with Crippen molar-refractivity contribution in [3.8, 4) is 0 Å². The monoisotopic (exact) mass is 378 g/mol. The lowest BCUT2D eigenvalue weighted by Crippen LogP contribution is -2.49. The van der Waals surface area contributed by atoms with Crippen LogP contribution in [0.15, 0.2) is 0 Å². The van der Waals surface area contributed by atoms with Gasteiger partial charge in [0.05, 0.1) is 0 Å². The molecule has 2 N–H and O–H groups in total. The first-order valence-electron chi connectivity index (χ1n) is 8.57. The zero-order valence-electron chi connectivity index (χ0n) is 15.4. The van der Waals surface area contributed by atoms with Crippen LogP contribution >= 0.6 is 0 Å². The number of likely N-dealkylation sites (tertiary alicyclic amines) is 1. The molecule has 1 aliphatic carbocycles. The molecule has 1 saturated heterocycles. The van der Waals surface area contributed by atoms with Crippen molar-refractivity contribution < 1.29 is 32.7 Å². The molecule has 1 aliphatic heterocycles. The molecule has 2 amide bonds. The van der Waals surface area contributed by atoms with Crippen molar-refractivity contribution in [2.24, 2.45) is 22.2 Å². The van der Waals surface area contributed by atoms with Crippen molar-refractivity contribution in [2.75, 3.05) is 19.6 Å². The number of nitrogens with zero attached hydrogens (tertiary/aromatic N) is 1. The first kappa shape index (κ1) is 20.5. The third kappa shape index (κ3) is 2.85. The molecule has 6 nitrogen and oxygen atoms in total. The van der Waals surface area contributed by atoms with Gasteiger partial charge in [0.15, 0.2) is 5.41 Å². The number of carboxylic acid groups (broad SMARTS) is 1. The molecule has 1 saturated carbocycles. The van der Waals surface area contributed by atoms with Gasteiger partial charge in [-0.05, 0) is 23.7 Å². The fraction of sp³-hybridized carbons (Fsp3) is 0.824. The van der Waals surface area contributed by atoms with Gasteiger partial charge in [-0.1, -0.05) is 27.7 Å². The fourth-order valence-corrected chi connectivity index (χ4v) is 4.39. The summed E-state index contributed by atoms with van der Waals surface area (Å²) in [5.41, 5.74) is -2.96. The largest absolute Gasteiger partial charge is 0.480 e. The smallest absolute Gasteiger partial charge is 0.405 e. The summed E-state index contributed by atoms with van der Waals surface area (Å²) in [7, 11) is 0. The average Bonchev–Trinajstić information content (AvgIpc) is 2.89. The number of hydrogen-bond acceptors (Lipinski definition) is 3. The molecular weight excluding hydrogens is 353 g/mol. The number of alkyl halides is 3. The van der Waals surface area contributed by atoms with Crippen molar-refractivity contribution in [2.45, 2.75) is 46.7 Å². The quantitative estimate of drug-likeness (QED) is 0.733. The number of carbonyl (C=O) groups is 3. The van der Waals surface area contributed by atoms with E-state index >= 15 is 0 Å². The number of aliphatic carboxylic acids is 1. The van der Waals surface area contributed by atoms with Crippen LogP contribution < -0.4 is 5.32 Å². The highest BCUT2D eigenvalue weighted by molar-refractivity contribution is 6.08. The molecule has 2 fully saturated rings. The van der Waals surface area contributed by atoms with E-state index < -0.39 is 52.7 Å². The first-order valence-corrected chi connectivity index (χ1v) is 8.57. The molecule has 0 atom stereocenters. The Hall–Kier alpha value is -1.80. The summed E-state index contributed by atoms with van der Waals surface area (Å²) in [6, 6.07) is 0. The van der Waals surface area contributed by atoms with Crippen molar-refractivity contribution >= 4 is 17.8 Å². The molecule has 0 radical (unpaired) electrons. The Morgan fingerprint density at radius 1 is 1.08 bits per heavy atom. The van der Waals surface area contributed by atoms with Gasteiger partial charge < -0.3 is 15.3 Å². The van der Waals surface area contributed by atoms with Crippen LogP contribution in [0.4, 0.5) is 13.2 Å². The number of nitrogens with one attached hydrogen (secondary N) is 1. The Morgan fingerprint density at radius 3 is 1.88 bits per heavy atom. The summed E-state index contributed by atoms with van der Waals surface area (Å²) in [5, 5.41) is 11.6. The van der Waals surface area contributed by atoms with Crippen LogP contribution in [0.1, 0.15) is 40.5 Å². The molecule has 26 heavy (non-hydrogen) atoms. The van der Waals surface area contributed by atoms with E-state index in [1.165, 1.54) is 4.90 Å². The van der Waals surface area contributed by atoms with Crippen LogP contribution in [-0.4, -0.2) is 53.6 Å². The number of piperidine rings is 1. The van der Waals surface area contributed by atoms with E-state index in [-0.39, 0.29) is 25.9 Å². The van der Waals surface area contributed by atoms with Crippen LogP contribution in [0.25, 0.3) is 0 Å². The van der Waals surface area contributed by atoms with Gasteiger partial charge in [0, 0.05) is 19.0 Å². The molecule has 0 bridgehead atoms. The second kappa shape index (κ2) is 6.13. The number of amides is 2. The maximum atomic E-state index is 13.0. The van der Waals surface area contributed by atoms with E-state index in [0.29, 0.717) is 0 Å². The molecule has 0 aromatic rings. The number of halogens is 3. The van der Waals surface area contributed by atoms with Gasteiger partial charge in [-0.25, -0.2) is 0 Å². The Morgan fingerprint density at radius 2 is 1.54 bits per heavy atom. The summed E-state index contributed by atoms with van der Waals surface area (Å²) in [4.78, 5) is 38.2. The lowest BCUT2D eigenvalue weighted by molar-refractivity contribution is -0.158. The standard InChI is InChI=1S/C17H25F3N2O4/c1-14(2)15(3,4)17(14,13(25)26)12(24)22-7-5-10(6-8-22)11(23)21-9-16(18,19)20/h10H,5-9H2,1-4H3,(H,21,23)(H,25,26). The van der Waals surface area contributed by atoms with Crippen molar-refractivity contribution in [3.63, 3.8) is 0 Å². The summed E-state index contributed by atoms with van der Waals surface area (Å²) >= 11 is 0. The number of hydrogen-bond donors (Lipinski definition) is 2. The fourth-order valence-electron chi connectivity index (χ4n) is 4.39. The summed E-state index contributed by atoms with van der Waals surface area (Å²) in [6.07, 6.45) is -4.04. The number of carboxylic acids is 1. The minimum Gasteiger partial charge on any atom is -0.480 e. The molecule has 2 rings (SSSR count). The van der Waals surface area contributed by atoms with Crippen molar-refractivity contribution in [1.82, 2.24) is 10.2 Å². The lowest BCUT2D eigenvalue weighted by atomic mass is 9.89. The molecule has 0 unspecified atom stereocenters. The zero-order chi connectivity index (χ0) is 20.1. The summed E-state index contributed by atoms with van der Waals surface area (Å²) in [5.74, 6) is -2.94. The average molecular weight is 378 g/mol. The maximum absolute atomic E-state index is 13.0. The third-order valence-corrected chi connectivity index (χ3v) is 6.63. The van der Waals surface area contributed by atoms with E-state index in [4.69, 9.17) is 0 Å².